The maximum atomic E-state index is 13.7. The Bertz CT molecular complexity index is 1820. The van der Waals surface area contributed by atoms with Gasteiger partial charge in [-0.05, 0) is 55.7 Å². The van der Waals surface area contributed by atoms with Crippen LogP contribution in [0.5, 0.6) is 11.5 Å². The van der Waals surface area contributed by atoms with Crippen LogP contribution in [0.4, 0.5) is 11.4 Å². The van der Waals surface area contributed by atoms with Gasteiger partial charge in [0.15, 0.2) is 5.60 Å². The summed E-state index contributed by atoms with van der Waals surface area (Å²) in [5, 5.41) is 9.91. The van der Waals surface area contributed by atoms with E-state index in [-0.39, 0.29) is 50.4 Å². The number of rotatable bonds is 8. The summed E-state index contributed by atoms with van der Waals surface area (Å²) in [6, 6.07) is 16.6. The van der Waals surface area contributed by atoms with Gasteiger partial charge in [-0.15, -0.1) is 0 Å². The molecule has 0 saturated carbocycles. The average molecular weight is 696 g/mol. The van der Waals surface area contributed by atoms with Crippen LogP contribution in [0.1, 0.15) is 58.0 Å². The Morgan fingerprint density at radius 1 is 0.980 bits per heavy atom. The van der Waals surface area contributed by atoms with Crippen molar-refractivity contribution < 1.29 is 48.8 Å². The molecule has 2 fully saturated rings. The summed E-state index contributed by atoms with van der Waals surface area (Å²) in [7, 11) is 3.27. The van der Waals surface area contributed by atoms with E-state index in [1.54, 1.807) is 23.1 Å². The number of phosphoric ester groups is 1. The van der Waals surface area contributed by atoms with Gasteiger partial charge < -0.3 is 38.9 Å². The molecule has 1 amide bonds. The molecule has 4 aliphatic rings. The van der Waals surface area contributed by atoms with E-state index in [1.807, 2.05) is 74.4 Å². The minimum atomic E-state index is -4.48. The summed E-state index contributed by atoms with van der Waals surface area (Å²) in [5.41, 5.74) is 3.12. The second-order valence-corrected chi connectivity index (χ2v) is 14.5. The Morgan fingerprint density at radius 3 is 2.16 bits per heavy atom. The average Bonchev–Trinajstić information content (AvgIpc) is 3.57. The van der Waals surface area contributed by atoms with Gasteiger partial charge in [0, 0.05) is 93.6 Å². The van der Waals surface area contributed by atoms with Crippen LogP contribution in [0.3, 0.4) is 0 Å². The molecule has 3 aromatic carbocycles. The first kappa shape index (κ1) is 32.2. The van der Waals surface area contributed by atoms with Crippen molar-refractivity contribution in [1.82, 2.24) is 4.90 Å². The first-order chi connectivity index (χ1) is 23.8. The highest BCUT2D eigenvalue weighted by atomic mass is 31.2. The maximum absolute atomic E-state index is 13.7. The van der Waals surface area contributed by atoms with E-state index in [0.29, 0.717) is 33.8 Å². The number of carbonyl (C=O) groups is 2. The van der Waals surface area contributed by atoms with Gasteiger partial charge in [0.1, 0.15) is 17.6 Å². The van der Waals surface area contributed by atoms with E-state index in [0.717, 1.165) is 11.4 Å². The minimum Gasteiger partial charge on any atom is -0.456 e. The van der Waals surface area contributed by atoms with Gasteiger partial charge in [0.25, 0.3) is 5.91 Å². The van der Waals surface area contributed by atoms with Crippen molar-refractivity contribution in [2.75, 3.05) is 64.3 Å². The molecule has 4 unspecified atom stereocenters. The third-order valence-electron chi connectivity index (χ3n) is 9.50. The lowest BCUT2D eigenvalue weighted by Gasteiger charge is -2.37. The largest absolute Gasteiger partial charge is 0.472 e. The zero-order chi connectivity index (χ0) is 35.5. The predicted octanol–water partition coefficient (Wildman–Crippen LogP) is 4.27. The van der Waals surface area contributed by atoms with E-state index in [1.165, 1.54) is 0 Å². The van der Waals surface area contributed by atoms with E-state index < -0.39 is 44.3 Å². The Labute approximate surface area is 285 Å². The van der Waals surface area contributed by atoms with Crippen molar-refractivity contribution in [3.05, 3.63) is 82.4 Å². The van der Waals surface area contributed by atoms with Crippen molar-refractivity contribution in [2.24, 2.45) is 0 Å². The highest BCUT2D eigenvalue weighted by Gasteiger charge is 2.54. The topological polar surface area (TPSA) is 148 Å². The van der Waals surface area contributed by atoms with Gasteiger partial charge >= 0.3 is 13.8 Å². The molecule has 0 aromatic heterocycles. The molecule has 2 saturated heterocycles. The molecule has 3 aromatic rings. The number of esters is 1. The molecule has 260 valence electrons. The summed E-state index contributed by atoms with van der Waals surface area (Å²) >= 11 is 0. The number of benzene rings is 3. The SMILES string of the molecule is [3H]C1CC(O)C(COP(=O)(O)OC2CCN(C(=O)c3ccc4c(c3)C(=O)OC43c4ccc(N(C)C)cc4Oc4cc(N(C)C)ccc43)CC2)O1. The van der Waals surface area contributed by atoms with Crippen LogP contribution in [0.25, 0.3) is 0 Å². The first-order valence-corrected chi connectivity index (χ1v) is 17.7. The lowest BCUT2D eigenvalue weighted by atomic mass is 9.77. The van der Waals surface area contributed by atoms with Crippen LogP contribution >= 0.6 is 7.82 Å². The van der Waals surface area contributed by atoms with Gasteiger partial charge in [0.2, 0.25) is 0 Å². The summed E-state index contributed by atoms with van der Waals surface area (Å²) in [6.45, 7) is -0.802. The quantitative estimate of drug-likeness (QED) is 0.256. The second kappa shape index (κ2) is 12.7. The Balaban J connectivity index is 1.10. The normalized spacial score (nSPS) is 23.9. The molecule has 4 atom stereocenters. The Kier molecular flexibility index (Phi) is 8.38. The van der Waals surface area contributed by atoms with Crippen LogP contribution in [-0.4, -0.2) is 99.6 Å². The van der Waals surface area contributed by atoms with Gasteiger partial charge in [-0.1, -0.05) is 6.07 Å². The maximum Gasteiger partial charge on any atom is 0.472 e. The molecule has 0 aliphatic carbocycles. The number of anilines is 2. The number of phosphoric acid groups is 1. The molecule has 1 spiro atoms. The van der Waals surface area contributed by atoms with Gasteiger partial charge in [-0.2, -0.15) is 0 Å². The molecule has 2 N–H and O–H groups in total. The number of aliphatic hydroxyl groups excluding tert-OH is 1. The number of hydrogen-bond donors (Lipinski definition) is 2. The number of piperidine rings is 1. The Morgan fingerprint density at radius 2 is 1.59 bits per heavy atom. The van der Waals surface area contributed by atoms with Crippen molar-refractivity contribution >= 4 is 31.1 Å². The Hall–Kier alpha value is -3.97. The number of nitrogens with zero attached hydrogens (tertiary/aromatic N) is 3. The number of carbonyl (C=O) groups excluding carboxylic acids is 2. The molecule has 13 nitrogen and oxygen atoms in total. The smallest absolute Gasteiger partial charge is 0.456 e. The first-order valence-electron chi connectivity index (χ1n) is 16.7. The fourth-order valence-electron chi connectivity index (χ4n) is 6.80. The molecule has 4 heterocycles. The van der Waals surface area contributed by atoms with Crippen molar-refractivity contribution in [1.29, 1.82) is 0 Å². The number of aliphatic hydroxyl groups is 1. The van der Waals surface area contributed by atoms with Gasteiger partial charge in [-0.3, -0.25) is 13.8 Å². The third-order valence-corrected chi connectivity index (χ3v) is 10.5. The fourth-order valence-corrected chi connectivity index (χ4v) is 7.78. The van der Waals surface area contributed by atoms with Crippen molar-refractivity contribution in [3.8, 4) is 11.5 Å². The molecule has 49 heavy (non-hydrogen) atoms. The van der Waals surface area contributed by atoms with Crippen LogP contribution < -0.4 is 14.5 Å². The van der Waals surface area contributed by atoms with Gasteiger partial charge in [-0.25, -0.2) is 9.36 Å². The highest BCUT2D eigenvalue weighted by molar-refractivity contribution is 7.47. The van der Waals surface area contributed by atoms with Crippen molar-refractivity contribution in [2.45, 2.75) is 43.2 Å². The zero-order valence-corrected chi connectivity index (χ0v) is 28.6. The predicted molar refractivity (Wildman–Crippen MR) is 180 cm³/mol. The molecule has 0 bridgehead atoms. The molecule has 14 heteroatoms. The van der Waals surface area contributed by atoms with Crippen LogP contribution in [0.2, 0.25) is 0 Å². The molecule has 4 aliphatic heterocycles. The molecule has 0 radical (unpaired) electrons. The summed E-state index contributed by atoms with van der Waals surface area (Å²) < 4.78 is 48.5. The third kappa shape index (κ3) is 6.09. The summed E-state index contributed by atoms with van der Waals surface area (Å²) in [6.07, 6.45) is -1.83. The number of fused-ring (bicyclic) bond motifs is 6. The van der Waals surface area contributed by atoms with Crippen LogP contribution in [0, 0.1) is 0 Å². The summed E-state index contributed by atoms with van der Waals surface area (Å²) in [4.78, 5) is 43.2. The van der Waals surface area contributed by atoms with E-state index >= 15 is 0 Å². The van der Waals surface area contributed by atoms with Crippen LogP contribution in [-0.2, 0) is 28.7 Å². The molecular weight excluding hydrogens is 653 g/mol. The van der Waals surface area contributed by atoms with E-state index in [4.69, 9.17) is 24.6 Å². The fraction of sp³-hybridized carbons (Fsp3) is 0.429. The number of amides is 1. The van der Waals surface area contributed by atoms with E-state index in [9.17, 15) is 24.2 Å². The standard InChI is InChI=1S/C35H40N3O10P/c1-36(2)22-6-9-27-30(18-22)46-31-19-23(37(3)4)7-10-28(31)35(27)26-8-5-21(17-25(26)34(41)47-35)33(40)38-14-11-24(12-15-38)48-49(42,43)45-20-32-29(39)13-16-44-32/h5-10,17-19,24,29,32,39H,11-16,20H2,1-4H3,(H,42,43)/i16T. The highest BCUT2D eigenvalue weighted by Crippen LogP contribution is 2.57. The van der Waals surface area contributed by atoms with Gasteiger partial charge in [0.05, 0.1) is 25.7 Å². The minimum absolute atomic E-state index is 0.0931. The molecule has 7 rings (SSSR count). The van der Waals surface area contributed by atoms with Crippen molar-refractivity contribution in [3.63, 3.8) is 0 Å². The number of ether oxygens (including phenoxy) is 3. The zero-order valence-electron chi connectivity index (χ0n) is 28.7. The van der Waals surface area contributed by atoms with E-state index in [2.05, 4.69) is 0 Å². The summed E-state index contributed by atoms with van der Waals surface area (Å²) in [5.74, 6) is 0.282. The lowest BCUT2D eigenvalue weighted by Crippen LogP contribution is -2.40. The number of hydrogen-bond acceptors (Lipinski definition) is 11. The second-order valence-electron chi connectivity index (χ2n) is 13.1. The number of likely N-dealkylation sites (tertiary alicyclic amines) is 1. The molecular formula is C35H40N3O10P. The monoisotopic (exact) mass is 695 g/mol. The van der Waals surface area contributed by atoms with Crippen LogP contribution in [0.15, 0.2) is 54.6 Å². The lowest BCUT2D eigenvalue weighted by molar-refractivity contribution is -0.00677.